The van der Waals surface area contributed by atoms with Gasteiger partial charge in [-0.25, -0.2) is 0 Å². The first-order chi connectivity index (χ1) is 10.2. The fourth-order valence-corrected chi connectivity index (χ4v) is 2.65. The summed E-state index contributed by atoms with van der Waals surface area (Å²) in [6.07, 6.45) is 5.45. The summed E-state index contributed by atoms with van der Waals surface area (Å²) in [6, 6.07) is 9.22. The van der Waals surface area contributed by atoms with Gasteiger partial charge in [0.1, 0.15) is 0 Å². The van der Waals surface area contributed by atoms with E-state index in [2.05, 4.69) is 61.6 Å². The molecule has 1 atom stereocenters. The number of nitrogens with zero attached hydrogens (tertiary/aromatic N) is 2. The molecule has 0 bridgehead atoms. The van der Waals surface area contributed by atoms with Crippen molar-refractivity contribution in [2.24, 2.45) is 7.05 Å². The normalized spacial score (nSPS) is 12.6. The van der Waals surface area contributed by atoms with Gasteiger partial charge in [0, 0.05) is 24.8 Å². The van der Waals surface area contributed by atoms with Crippen LogP contribution >= 0.6 is 0 Å². The second-order valence-corrected chi connectivity index (χ2v) is 5.71. The Bertz CT molecular complexity index is 572. The van der Waals surface area contributed by atoms with Crippen LogP contribution in [0.5, 0.6) is 0 Å². The molecule has 0 aliphatic rings. The van der Waals surface area contributed by atoms with Crippen molar-refractivity contribution in [2.45, 2.75) is 46.1 Å². The molecule has 0 fully saturated rings. The molecule has 114 valence electrons. The molecular formula is C18H27N3. The van der Waals surface area contributed by atoms with E-state index in [4.69, 9.17) is 0 Å². The van der Waals surface area contributed by atoms with E-state index >= 15 is 0 Å². The maximum atomic E-state index is 4.60. The topological polar surface area (TPSA) is 29.9 Å². The lowest BCUT2D eigenvalue weighted by Gasteiger charge is -2.14. The SMILES string of the molecule is CCCNC(C)c1cccc(-c2cn(C)nc2CCC)c1. The summed E-state index contributed by atoms with van der Waals surface area (Å²) < 4.78 is 1.92. The Morgan fingerprint density at radius 1 is 1.24 bits per heavy atom. The maximum Gasteiger partial charge on any atom is 0.0702 e. The lowest BCUT2D eigenvalue weighted by molar-refractivity contribution is 0.571. The van der Waals surface area contributed by atoms with Gasteiger partial charge in [0.15, 0.2) is 0 Å². The van der Waals surface area contributed by atoms with Crippen LogP contribution in [0.3, 0.4) is 0 Å². The molecule has 3 heteroatoms. The van der Waals surface area contributed by atoms with Crippen LogP contribution in [0.25, 0.3) is 11.1 Å². The van der Waals surface area contributed by atoms with E-state index < -0.39 is 0 Å². The summed E-state index contributed by atoms with van der Waals surface area (Å²) in [4.78, 5) is 0. The molecule has 3 nitrogen and oxygen atoms in total. The molecule has 1 aromatic carbocycles. The first-order valence-electron chi connectivity index (χ1n) is 8.02. The maximum absolute atomic E-state index is 4.60. The van der Waals surface area contributed by atoms with Crippen LogP contribution in [0.1, 0.15) is 50.9 Å². The molecule has 0 radical (unpaired) electrons. The highest BCUT2D eigenvalue weighted by molar-refractivity contribution is 5.66. The van der Waals surface area contributed by atoms with Crippen molar-refractivity contribution in [3.8, 4) is 11.1 Å². The highest BCUT2D eigenvalue weighted by atomic mass is 15.2. The van der Waals surface area contributed by atoms with E-state index in [0.717, 1.165) is 25.8 Å². The number of aryl methyl sites for hydroxylation is 2. The molecule has 0 aliphatic heterocycles. The van der Waals surface area contributed by atoms with Crippen LogP contribution in [0.2, 0.25) is 0 Å². The zero-order valence-electron chi connectivity index (χ0n) is 13.7. The summed E-state index contributed by atoms with van der Waals surface area (Å²) >= 11 is 0. The fourth-order valence-electron chi connectivity index (χ4n) is 2.65. The second kappa shape index (κ2) is 7.41. The van der Waals surface area contributed by atoms with Gasteiger partial charge in [-0.1, -0.05) is 38.5 Å². The Balaban J connectivity index is 2.28. The minimum atomic E-state index is 0.385. The Morgan fingerprint density at radius 2 is 2.05 bits per heavy atom. The Labute approximate surface area is 128 Å². The van der Waals surface area contributed by atoms with Crippen LogP contribution in [0, 0.1) is 0 Å². The van der Waals surface area contributed by atoms with Crippen molar-refractivity contribution in [1.82, 2.24) is 15.1 Å². The third kappa shape index (κ3) is 3.94. The third-order valence-electron chi connectivity index (χ3n) is 3.79. The summed E-state index contributed by atoms with van der Waals surface area (Å²) in [7, 11) is 2.00. The smallest absolute Gasteiger partial charge is 0.0702 e. The van der Waals surface area contributed by atoms with E-state index in [1.807, 2.05) is 11.7 Å². The second-order valence-electron chi connectivity index (χ2n) is 5.71. The summed E-state index contributed by atoms with van der Waals surface area (Å²) in [6.45, 7) is 7.68. The van der Waals surface area contributed by atoms with Crippen molar-refractivity contribution in [3.05, 3.63) is 41.7 Å². The molecule has 2 aromatic rings. The zero-order chi connectivity index (χ0) is 15.2. The third-order valence-corrected chi connectivity index (χ3v) is 3.79. The van der Waals surface area contributed by atoms with E-state index in [9.17, 15) is 0 Å². The molecule has 0 saturated heterocycles. The van der Waals surface area contributed by atoms with Crippen LogP contribution in [-0.4, -0.2) is 16.3 Å². The summed E-state index contributed by atoms with van der Waals surface area (Å²) in [5.41, 5.74) is 5.08. The van der Waals surface area contributed by atoms with Crippen molar-refractivity contribution >= 4 is 0 Å². The molecule has 1 N–H and O–H groups in total. The zero-order valence-corrected chi connectivity index (χ0v) is 13.7. The number of hydrogen-bond acceptors (Lipinski definition) is 2. The molecule has 1 heterocycles. The minimum absolute atomic E-state index is 0.385. The molecule has 0 amide bonds. The molecule has 2 rings (SSSR count). The standard InChI is InChI=1S/C18H27N3/c1-5-8-18-17(13-21(4)20-18)16-10-7-9-15(12-16)14(3)19-11-6-2/h7,9-10,12-14,19H,5-6,8,11H2,1-4H3. The first kappa shape index (κ1) is 15.8. The van der Waals surface area contributed by atoms with E-state index in [1.54, 1.807) is 0 Å². The largest absolute Gasteiger partial charge is 0.310 e. The monoisotopic (exact) mass is 285 g/mol. The Hall–Kier alpha value is -1.61. The van der Waals surface area contributed by atoms with Crippen LogP contribution in [-0.2, 0) is 13.5 Å². The van der Waals surface area contributed by atoms with E-state index in [0.29, 0.717) is 6.04 Å². The molecular weight excluding hydrogens is 258 g/mol. The Kier molecular flexibility index (Phi) is 5.57. The molecule has 0 saturated carbocycles. The predicted molar refractivity (Wildman–Crippen MR) is 89.3 cm³/mol. The average molecular weight is 285 g/mol. The van der Waals surface area contributed by atoms with Gasteiger partial charge in [-0.2, -0.15) is 5.10 Å². The highest BCUT2D eigenvalue weighted by Gasteiger charge is 2.11. The van der Waals surface area contributed by atoms with Crippen molar-refractivity contribution in [2.75, 3.05) is 6.54 Å². The van der Waals surface area contributed by atoms with Gasteiger partial charge < -0.3 is 5.32 Å². The van der Waals surface area contributed by atoms with Gasteiger partial charge >= 0.3 is 0 Å². The van der Waals surface area contributed by atoms with Crippen molar-refractivity contribution in [3.63, 3.8) is 0 Å². The van der Waals surface area contributed by atoms with Gasteiger partial charge in [0.05, 0.1) is 5.69 Å². The van der Waals surface area contributed by atoms with Gasteiger partial charge in [-0.05, 0) is 43.5 Å². The van der Waals surface area contributed by atoms with Gasteiger partial charge in [0.2, 0.25) is 0 Å². The minimum Gasteiger partial charge on any atom is -0.310 e. The average Bonchev–Trinajstić information content (AvgIpc) is 2.86. The first-order valence-corrected chi connectivity index (χ1v) is 8.02. The van der Waals surface area contributed by atoms with E-state index in [-0.39, 0.29) is 0 Å². The van der Waals surface area contributed by atoms with E-state index in [1.165, 1.54) is 22.4 Å². The number of aromatic nitrogens is 2. The van der Waals surface area contributed by atoms with Gasteiger partial charge in [-0.15, -0.1) is 0 Å². The molecule has 1 aromatic heterocycles. The number of hydrogen-bond donors (Lipinski definition) is 1. The van der Waals surface area contributed by atoms with Crippen molar-refractivity contribution < 1.29 is 0 Å². The Morgan fingerprint density at radius 3 is 2.76 bits per heavy atom. The van der Waals surface area contributed by atoms with Crippen LogP contribution in [0.4, 0.5) is 0 Å². The lowest BCUT2D eigenvalue weighted by Crippen LogP contribution is -2.19. The lowest BCUT2D eigenvalue weighted by atomic mass is 9.99. The quantitative estimate of drug-likeness (QED) is 0.830. The predicted octanol–water partition coefficient (Wildman–Crippen LogP) is 4.10. The summed E-state index contributed by atoms with van der Waals surface area (Å²) in [5.74, 6) is 0. The van der Waals surface area contributed by atoms with Crippen LogP contribution < -0.4 is 5.32 Å². The molecule has 21 heavy (non-hydrogen) atoms. The van der Waals surface area contributed by atoms with Gasteiger partial charge in [0.25, 0.3) is 0 Å². The number of rotatable bonds is 7. The van der Waals surface area contributed by atoms with Crippen LogP contribution in [0.15, 0.2) is 30.5 Å². The molecule has 0 spiro atoms. The fraction of sp³-hybridized carbons (Fsp3) is 0.500. The molecule has 1 unspecified atom stereocenters. The summed E-state index contributed by atoms with van der Waals surface area (Å²) in [5, 5.41) is 8.15. The number of benzene rings is 1. The highest BCUT2D eigenvalue weighted by Crippen LogP contribution is 2.26. The van der Waals surface area contributed by atoms with Crippen molar-refractivity contribution in [1.29, 1.82) is 0 Å². The van der Waals surface area contributed by atoms with Gasteiger partial charge in [-0.3, -0.25) is 4.68 Å². The number of nitrogens with one attached hydrogen (secondary N) is 1. The molecule has 0 aliphatic carbocycles.